The van der Waals surface area contributed by atoms with Gasteiger partial charge in [-0.15, -0.1) is 11.8 Å². The standard InChI is InChI=1S/C10H13NS2.Ca.2H/c1-11(10(12)13-2)8-9-6-4-3-5-7-9;;;/h3-7H,8H2,1-2H3;;;. The van der Waals surface area contributed by atoms with Crippen molar-refractivity contribution < 1.29 is 0 Å². The fraction of sp³-hybridized carbons (Fsp3) is 0.300. The second kappa shape index (κ2) is 7.94. The topological polar surface area (TPSA) is 3.24 Å². The fourth-order valence-electron chi connectivity index (χ4n) is 1.08. The Hall–Kier alpha value is 0.720. The Labute approximate surface area is 125 Å². The van der Waals surface area contributed by atoms with Crippen LogP contribution in [0, 0.1) is 0 Å². The average Bonchev–Trinajstić information content (AvgIpc) is 2.18. The molecular weight excluding hydrogens is 238 g/mol. The Morgan fingerprint density at radius 1 is 1.36 bits per heavy atom. The van der Waals surface area contributed by atoms with Gasteiger partial charge in [0.25, 0.3) is 0 Å². The van der Waals surface area contributed by atoms with Crippen molar-refractivity contribution in [1.82, 2.24) is 4.90 Å². The van der Waals surface area contributed by atoms with Gasteiger partial charge in [0.2, 0.25) is 0 Å². The molecule has 1 aromatic carbocycles. The van der Waals surface area contributed by atoms with E-state index in [0.29, 0.717) is 0 Å². The van der Waals surface area contributed by atoms with Crippen LogP contribution in [0.15, 0.2) is 30.3 Å². The first-order valence-corrected chi connectivity index (χ1v) is 5.70. The van der Waals surface area contributed by atoms with Crippen LogP contribution in [-0.2, 0) is 6.54 Å². The molecule has 4 heteroatoms. The van der Waals surface area contributed by atoms with Gasteiger partial charge in [-0.1, -0.05) is 42.5 Å². The Morgan fingerprint density at radius 2 is 1.93 bits per heavy atom. The van der Waals surface area contributed by atoms with Crippen molar-refractivity contribution >= 4 is 66.0 Å². The molecule has 0 saturated carbocycles. The predicted molar refractivity (Wildman–Crippen MR) is 72.6 cm³/mol. The molecule has 0 heterocycles. The van der Waals surface area contributed by atoms with Crippen molar-refractivity contribution in [2.75, 3.05) is 13.3 Å². The van der Waals surface area contributed by atoms with Crippen LogP contribution in [-0.4, -0.2) is 60.3 Å². The fourth-order valence-corrected chi connectivity index (χ4v) is 1.52. The monoisotopic (exact) mass is 253 g/mol. The first kappa shape index (κ1) is 14.7. The van der Waals surface area contributed by atoms with Crippen LogP contribution in [0.25, 0.3) is 0 Å². The number of benzene rings is 1. The Morgan fingerprint density at radius 3 is 2.43 bits per heavy atom. The van der Waals surface area contributed by atoms with Crippen LogP contribution in [0.1, 0.15) is 5.56 Å². The molecular formula is C10H15CaNS2. The Kier molecular flexibility index (Phi) is 8.35. The van der Waals surface area contributed by atoms with Crippen LogP contribution in [0.3, 0.4) is 0 Å². The zero-order chi connectivity index (χ0) is 9.68. The summed E-state index contributed by atoms with van der Waals surface area (Å²) in [6, 6.07) is 10.3. The third kappa shape index (κ3) is 4.99. The molecule has 0 N–H and O–H groups in total. The summed E-state index contributed by atoms with van der Waals surface area (Å²) in [5.74, 6) is 0. The SMILES string of the molecule is CSC(=S)N(C)Cc1ccccc1.[CaH2]. The number of rotatable bonds is 2. The summed E-state index contributed by atoms with van der Waals surface area (Å²) in [4.78, 5) is 2.08. The maximum absolute atomic E-state index is 5.17. The van der Waals surface area contributed by atoms with E-state index in [-0.39, 0.29) is 37.7 Å². The van der Waals surface area contributed by atoms with Gasteiger partial charge in [0.05, 0.1) is 0 Å². The van der Waals surface area contributed by atoms with E-state index in [1.54, 1.807) is 11.8 Å². The van der Waals surface area contributed by atoms with E-state index in [9.17, 15) is 0 Å². The van der Waals surface area contributed by atoms with Crippen molar-refractivity contribution in [3.05, 3.63) is 35.9 Å². The van der Waals surface area contributed by atoms with Crippen molar-refractivity contribution in [2.24, 2.45) is 0 Å². The molecule has 1 nitrogen and oxygen atoms in total. The number of nitrogens with zero attached hydrogens (tertiary/aromatic N) is 1. The summed E-state index contributed by atoms with van der Waals surface area (Å²) >= 11 is 6.78. The summed E-state index contributed by atoms with van der Waals surface area (Å²) in [6.07, 6.45) is 2.00. The second-order valence-corrected chi connectivity index (χ2v) is 4.25. The Bertz CT molecular complexity index is 277. The van der Waals surface area contributed by atoms with Gasteiger partial charge < -0.3 is 4.90 Å². The molecule has 0 saturated heterocycles. The number of hydrogen-bond donors (Lipinski definition) is 0. The molecule has 0 radical (unpaired) electrons. The van der Waals surface area contributed by atoms with E-state index in [4.69, 9.17) is 12.2 Å². The molecule has 0 amide bonds. The molecule has 14 heavy (non-hydrogen) atoms. The van der Waals surface area contributed by atoms with E-state index in [1.165, 1.54) is 5.56 Å². The van der Waals surface area contributed by atoms with E-state index < -0.39 is 0 Å². The minimum absolute atomic E-state index is 0. The third-order valence-electron chi connectivity index (χ3n) is 1.75. The van der Waals surface area contributed by atoms with E-state index in [1.807, 2.05) is 31.5 Å². The van der Waals surface area contributed by atoms with Crippen LogP contribution in [0.5, 0.6) is 0 Å². The van der Waals surface area contributed by atoms with Crippen LogP contribution in [0.2, 0.25) is 0 Å². The zero-order valence-electron chi connectivity index (χ0n) is 7.86. The van der Waals surface area contributed by atoms with Gasteiger partial charge in [0, 0.05) is 13.6 Å². The van der Waals surface area contributed by atoms with Crippen LogP contribution in [0.4, 0.5) is 0 Å². The van der Waals surface area contributed by atoms with E-state index in [0.717, 1.165) is 10.9 Å². The first-order chi connectivity index (χ1) is 6.24. The molecule has 74 valence electrons. The van der Waals surface area contributed by atoms with Gasteiger partial charge in [0.1, 0.15) is 4.32 Å². The van der Waals surface area contributed by atoms with Crippen molar-refractivity contribution in [2.45, 2.75) is 6.54 Å². The van der Waals surface area contributed by atoms with Gasteiger partial charge in [-0.05, 0) is 11.8 Å². The van der Waals surface area contributed by atoms with Crippen molar-refractivity contribution in [3.8, 4) is 0 Å². The zero-order valence-corrected chi connectivity index (χ0v) is 9.49. The van der Waals surface area contributed by atoms with Gasteiger partial charge in [-0.2, -0.15) is 0 Å². The molecule has 0 bridgehead atoms. The molecule has 0 atom stereocenters. The van der Waals surface area contributed by atoms with Crippen molar-refractivity contribution in [3.63, 3.8) is 0 Å². The molecule has 1 rings (SSSR count). The molecule has 0 spiro atoms. The Balaban J connectivity index is 0.00000169. The predicted octanol–water partition coefficient (Wildman–Crippen LogP) is 1.85. The quantitative estimate of drug-likeness (QED) is 0.585. The van der Waals surface area contributed by atoms with Gasteiger partial charge in [-0.3, -0.25) is 0 Å². The van der Waals surface area contributed by atoms with Crippen LogP contribution >= 0.6 is 24.0 Å². The molecule has 0 aliphatic rings. The number of thiocarbonyl (C=S) groups is 1. The average molecular weight is 253 g/mol. The van der Waals surface area contributed by atoms with Crippen molar-refractivity contribution in [1.29, 1.82) is 0 Å². The second-order valence-electron chi connectivity index (χ2n) is 2.81. The number of thioether (sulfide) groups is 1. The molecule has 0 aliphatic heterocycles. The molecule has 1 aromatic rings. The first-order valence-electron chi connectivity index (χ1n) is 4.07. The normalized spacial score (nSPS) is 9.00. The van der Waals surface area contributed by atoms with E-state index >= 15 is 0 Å². The van der Waals surface area contributed by atoms with Gasteiger partial charge >= 0.3 is 37.7 Å². The minimum atomic E-state index is 0. The summed E-state index contributed by atoms with van der Waals surface area (Å²) in [5.41, 5.74) is 1.29. The van der Waals surface area contributed by atoms with Gasteiger partial charge in [-0.25, -0.2) is 0 Å². The molecule has 0 aromatic heterocycles. The summed E-state index contributed by atoms with van der Waals surface area (Å²) in [6.45, 7) is 0.889. The summed E-state index contributed by atoms with van der Waals surface area (Å²) < 4.78 is 0.934. The number of hydrogen-bond acceptors (Lipinski definition) is 2. The maximum atomic E-state index is 5.17. The van der Waals surface area contributed by atoms with E-state index in [2.05, 4.69) is 17.0 Å². The molecule has 0 aliphatic carbocycles. The van der Waals surface area contributed by atoms with Gasteiger partial charge in [0.15, 0.2) is 0 Å². The molecule has 0 fully saturated rings. The third-order valence-corrected chi connectivity index (χ3v) is 3.22. The summed E-state index contributed by atoms with van der Waals surface area (Å²) in [5, 5.41) is 0. The van der Waals surface area contributed by atoms with Crippen LogP contribution < -0.4 is 0 Å². The molecule has 0 unspecified atom stereocenters. The summed E-state index contributed by atoms with van der Waals surface area (Å²) in [7, 11) is 2.02.